The molecule has 7 nitrogen and oxygen atoms in total. The second-order valence-electron chi connectivity index (χ2n) is 5.33. The lowest BCUT2D eigenvalue weighted by Crippen LogP contribution is -2.39. The minimum absolute atomic E-state index is 0.149. The van der Waals surface area contributed by atoms with Gasteiger partial charge in [0.2, 0.25) is 10.0 Å². The summed E-state index contributed by atoms with van der Waals surface area (Å²) in [4.78, 5) is 13.5. The first-order chi connectivity index (χ1) is 11.0. The second-order valence-corrected chi connectivity index (χ2v) is 7.37. The van der Waals surface area contributed by atoms with Gasteiger partial charge in [0.25, 0.3) is 0 Å². The number of carbonyl (C=O) groups excluding carboxylic acids is 1. The normalized spacial score (nSPS) is 18.1. The lowest BCUT2D eigenvalue weighted by molar-refractivity contribution is 0.104. The van der Waals surface area contributed by atoms with E-state index in [1.165, 1.54) is 12.0 Å². The number of likely N-dealkylation sites (tertiary alicyclic amines) is 1. The number of rotatable bonds is 7. The van der Waals surface area contributed by atoms with Crippen molar-refractivity contribution in [3.8, 4) is 0 Å². The lowest BCUT2D eigenvalue weighted by atomic mass is 10.2. The molecule has 0 aromatic heterocycles. The predicted octanol–water partition coefficient (Wildman–Crippen LogP) is 0.963. The van der Waals surface area contributed by atoms with Gasteiger partial charge < -0.3 is 14.4 Å². The summed E-state index contributed by atoms with van der Waals surface area (Å²) in [6, 6.07) is 9.35. The first kappa shape index (κ1) is 17.7. The van der Waals surface area contributed by atoms with Crippen LogP contribution in [-0.4, -0.2) is 58.0 Å². The van der Waals surface area contributed by atoms with Crippen LogP contribution in [0.1, 0.15) is 12.0 Å². The van der Waals surface area contributed by atoms with Crippen LogP contribution in [0.5, 0.6) is 0 Å². The van der Waals surface area contributed by atoms with E-state index in [9.17, 15) is 13.2 Å². The third kappa shape index (κ3) is 5.19. The fourth-order valence-electron chi connectivity index (χ4n) is 2.36. The molecule has 1 aromatic carbocycles. The SMILES string of the molecule is COCCNS(=O)(=O)C1CCN(C(=O)OCc2ccccc2)C1. The molecule has 23 heavy (non-hydrogen) atoms. The second kappa shape index (κ2) is 8.28. The number of carbonyl (C=O) groups is 1. The maximum atomic E-state index is 12.1. The molecule has 0 radical (unpaired) electrons. The molecule has 0 aliphatic carbocycles. The minimum Gasteiger partial charge on any atom is -0.445 e. The highest BCUT2D eigenvalue weighted by atomic mass is 32.2. The van der Waals surface area contributed by atoms with Crippen LogP contribution in [0.2, 0.25) is 0 Å². The molecule has 1 saturated heterocycles. The molecule has 1 fully saturated rings. The van der Waals surface area contributed by atoms with E-state index in [4.69, 9.17) is 9.47 Å². The molecule has 128 valence electrons. The summed E-state index contributed by atoms with van der Waals surface area (Å²) in [5.41, 5.74) is 0.894. The number of hydrogen-bond acceptors (Lipinski definition) is 5. The van der Waals surface area contributed by atoms with E-state index in [0.717, 1.165) is 5.56 Å². The number of nitrogens with one attached hydrogen (secondary N) is 1. The number of ether oxygens (including phenoxy) is 2. The van der Waals surface area contributed by atoms with Crippen molar-refractivity contribution < 1.29 is 22.7 Å². The highest BCUT2D eigenvalue weighted by Gasteiger charge is 2.35. The standard InChI is InChI=1S/C15H22N2O5S/c1-21-10-8-16-23(19,20)14-7-9-17(11-14)15(18)22-12-13-5-3-2-4-6-13/h2-6,14,16H,7-12H2,1H3. The Morgan fingerprint density at radius 1 is 1.35 bits per heavy atom. The average molecular weight is 342 g/mol. The van der Waals surface area contributed by atoms with Crippen LogP contribution in [0.15, 0.2) is 30.3 Å². The highest BCUT2D eigenvalue weighted by molar-refractivity contribution is 7.90. The van der Waals surface area contributed by atoms with Gasteiger partial charge in [-0.3, -0.25) is 0 Å². The lowest BCUT2D eigenvalue weighted by Gasteiger charge is -2.17. The molecular formula is C15H22N2O5S. The number of sulfonamides is 1. The summed E-state index contributed by atoms with van der Waals surface area (Å²) in [5.74, 6) is 0. The third-order valence-corrected chi connectivity index (χ3v) is 5.53. The monoisotopic (exact) mass is 342 g/mol. The topological polar surface area (TPSA) is 84.9 Å². The fraction of sp³-hybridized carbons (Fsp3) is 0.533. The van der Waals surface area contributed by atoms with E-state index in [0.29, 0.717) is 19.6 Å². The number of methoxy groups -OCH3 is 1. The van der Waals surface area contributed by atoms with Gasteiger partial charge in [-0.05, 0) is 12.0 Å². The first-order valence-corrected chi connectivity index (χ1v) is 9.00. The Labute approximate surface area is 136 Å². The van der Waals surface area contributed by atoms with Crippen LogP contribution >= 0.6 is 0 Å². The van der Waals surface area contributed by atoms with Crippen molar-refractivity contribution in [2.75, 3.05) is 33.4 Å². The Morgan fingerprint density at radius 2 is 2.09 bits per heavy atom. The minimum atomic E-state index is -3.45. The van der Waals surface area contributed by atoms with Gasteiger partial charge in [0.15, 0.2) is 0 Å². The van der Waals surface area contributed by atoms with Crippen LogP contribution < -0.4 is 4.72 Å². The smallest absolute Gasteiger partial charge is 0.410 e. The molecule has 1 unspecified atom stereocenters. The van der Waals surface area contributed by atoms with E-state index >= 15 is 0 Å². The van der Waals surface area contributed by atoms with Gasteiger partial charge in [-0.25, -0.2) is 17.9 Å². The molecule has 1 aliphatic heterocycles. The summed E-state index contributed by atoms with van der Waals surface area (Å²) < 4.78 is 36.8. The molecule has 8 heteroatoms. The Morgan fingerprint density at radius 3 is 2.78 bits per heavy atom. The van der Waals surface area contributed by atoms with Crippen molar-refractivity contribution in [1.29, 1.82) is 0 Å². The summed E-state index contributed by atoms with van der Waals surface area (Å²) >= 11 is 0. The Bertz CT molecular complexity index is 606. The van der Waals surface area contributed by atoms with Crippen molar-refractivity contribution in [2.24, 2.45) is 0 Å². The van der Waals surface area contributed by atoms with E-state index < -0.39 is 21.4 Å². The molecule has 0 saturated carbocycles. The summed E-state index contributed by atoms with van der Waals surface area (Å²) in [6.07, 6.45) is -0.0774. The van der Waals surface area contributed by atoms with E-state index in [1.807, 2.05) is 30.3 Å². The Balaban J connectivity index is 1.81. The molecule has 1 aromatic rings. The van der Waals surface area contributed by atoms with Crippen molar-refractivity contribution in [2.45, 2.75) is 18.3 Å². The predicted molar refractivity (Wildman–Crippen MR) is 85.4 cm³/mol. The van der Waals surface area contributed by atoms with E-state index in [2.05, 4.69) is 4.72 Å². The summed E-state index contributed by atoms with van der Waals surface area (Å²) in [5, 5.41) is -0.608. The fourth-order valence-corrected chi connectivity index (χ4v) is 3.76. The van der Waals surface area contributed by atoms with E-state index in [-0.39, 0.29) is 19.7 Å². The van der Waals surface area contributed by atoms with Gasteiger partial charge in [0.1, 0.15) is 6.61 Å². The van der Waals surface area contributed by atoms with Crippen LogP contribution in [0, 0.1) is 0 Å². The maximum Gasteiger partial charge on any atom is 0.410 e. The molecule has 1 aliphatic rings. The zero-order chi connectivity index (χ0) is 16.7. The van der Waals surface area contributed by atoms with Crippen LogP contribution in [0.25, 0.3) is 0 Å². The van der Waals surface area contributed by atoms with Gasteiger partial charge in [0, 0.05) is 26.7 Å². The van der Waals surface area contributed by atoms with Gasteiger partial charge in [-0.15, -0.1) is 0 Å². The highest BCUT2D eigenvalue weighted by Crippen LogP contribution is 2.17. The molecule has 2 rings (SSSR count). The Kier molecular flexibility index (Phi) is 6.37. The Hall–Kier alpha value is -1.64. The first-order valence-electron chi connectivity index (χ1n) is 7.46. The van der Waals surface area contributed by atoms with Gasteiger partial charge >= 0.3 is 6.09 Å². The van der Waals surface area contributed by atoms with Gasteiger partial charge in [0.05, 0.1) is 11.9 Å². The summed E-state index contributed by atoms with van der Waals surface area (Å²) in [7, 11) is -1.94. The molecule has 1 N–H and O–H groups in total. The van der Waals surface area contributed by atoms with Crippen LogP contribution in [0.4, 0.5) is 4.79 Å². The number of benzene rings is 1. The summed E-state index contributed by atoms with van der Waals surface area (Å²) in [6.45, 7) is 1.25. The zero-order valence-corrected chi connectivity index (χ0v) is 13.9. The largest absolute Gasteiger partial charge is 0.445 e. The van der Waals surface area contributed by atoms with Crippen molar-refractivity contribution in [3.63, 3.8) is 0 Å². The van der Waals surface area contributed by atoms with Crippen LogP contribution in [0.3, 0.4) is 0 Å². The number of hydrogen-bond donors (Lipinski definition) is 1. The number of amides is 1. The maximum absolute atomic E-state index is 12.1. The van der Waals surface area contributed by atoms with Crippen molar-refractivity contribution in [1.82, 2.24) is 9.62 Å². The molecule has 0 spiro atoms. The molecule has 1 amide bonds. The molecule has 1 heterocycles. The van der Waals surface area contributed by atoms with Crippen molar-refractivity contribution in [3.05, 3.63) is 35.9 Å². The van der Waals surface area contributed by atoms with Crippen molar-refractivity contribution >= 4 is 16.1 Å². The molecular weight excluding hydrogens is 320 g/mol. The van der Waals surface area contributed by atoms with Gasteiger partial charge in [-0.2, -0.15) is 0 Å². The third-order valence-electron chi connectivity index (χ3n) is 3.66. The van der Waals surface area contributed by atoms with Crippen LogP contribution in [-0.2, 0) is 26.1 Å². The quantitative estimate of drug-likeness (QED) is 0.746. The number of nitrogens with zero attached hydrogens (tertiary/aromatic N) is 1. The molecule has 1 atom stereocenters. The average Bonchev–Trinajstić information content (AvgIpc) is 3.05. The van der Waals surface area contributed by atoms with E-state index in [1.54, 1.807) is 0 Å². The zero-order valence-electron chi connectivity index (χ0n) is 13.1. The molecule has 0 bridgehead atoms. The van der Waals surface area contributed by atoms with Gasteiger partial charge in [-0.1, -0.05) is 30.3 Å².